The van der Waals surface area contributed by atoms with Crippen molar-refractivity contribution in [3.8, 4) is 0 Å². The first kappa shape index (κ1) is 15.2. The van der Waals surface area contributed by atoms with Crippen molar-refractivity contribution in [1.29, 1.82) is 0 Å². The predicted molar refractivity (Wildman–Crippen MR) is 81.0 cm³/mol. The van der Waals surface area contributed by atoms with E-state index >= 15 is 0 Å². The molecule has 0 aliphatic heterocycles. The number of rotatable bonds is 7. The van der Waals surface area contributed by atoms with Gasteiger partial charge in [-0.1, -0.05) is 28.1 Å². The van der Waals surface area contributed by atoms with E-state index < -0.39 is 0 Å². The lowest BCUT2D eigenvalue weighted by Crippen LogP contribution is -2.27. The number of nitrogens with two attached hydrogens (primary N) is 1. The molecular weight excluding hydrogens is 292 g/mol. The summed E-state index contributed by atoms with van der Waals surface area (Å²) in [5, 5.41) is 0. The van der Waals surface area contributed by atoms with Gasteiger partial charge in [0, 0.05) is 36.4 Å². The zero-order valence-corrected chi connectivity index (χ0v) is 12.6. The summed E-state index contributed by atoms with van der Waals surface area (Å²) in [5.74, 6) is 0. The average Bonchev–Trinajstić information content (AvgIpc) is 2.33. The number of methoxy groups -OCH3 is 1. The minimum absolute atomic E-state index is 0.0280. The van der Waals surface area contributed by atoms with Crippen molar-refractivity contribution in [2.45, 2.75) is 13.0 Å². The molecular formula is C14H21BrN2O. The summed E-state index contributed by atoms with van der Waals surface area (Å²) in [5.41, 5.74) is 8.16. The van der Waals surface area contributed by atoms with Crippen molar-refractivity contribution in [2.24, 2.45) is 5.73 Å². The van der Waals surface area contributed by atoms with Crippen molar-refractivity contribution in [3.63, 3.8) is 0 Å². The van der Waals surface area contributed by atoms with E-state index in [1.807, 2.05) is 13.0 Å². The van der Waals surface area contributed by atoms with Crippen LogP contribution in [0.1, 0.15) is 18.5 Å². The van der Waals surface area contributed by atoms with E-state index in [9.17, 15) is 0 Å². The van der Waals surface area contributed by atoms with Crippen molar-refractivity contribution in [2.75, 3.05) is 31.7 Å². The van der Waals surface area contributed by atoms with Gasteiger partial charge >= 0.3 is 0 Å². The lowest BCUT2D eigenvalue weighted by Gasteiger charge is -2.24. The van der Waals surface area contributed by atoms with Gasteiger partial charge in [0.2, 0.25) is 0 Å². The van der Waals surface area contributed by atoms with Gasteiger partial charge in [-0.05, 0) is 24.6 Å². The van der Waals surface area contributed by atoms with Crippen LogP contribution in [-0.4, -0.2) is 26.8 Å². The summed E-state index contributed by atoms with van der Waals surface area (Å²) in [6.07, 6.45) is 1.89. The molecule has 0 spiro atoms. The Morgan fingerprint density at radius 1 is 1.56 bits per heavy atom. The van der Waals surface area contributed by atoms with Gasteiger partial charge in [0.1, 0.15) is 0 Å². The largest absolute Gasteiger partial charge is 0.383 e. The molecule has 0 heterocycles. The number of hydrogen-bond donors (Lipinski definition) is 1. The Hall–Kier alpha value is -0.840. The van der Waals surface area contributed by atoms with Crippen LogP contribution >= 0.6 is 15.9 Å². The standard InChI is InChI=1S/C14H21BrN2O/c1-4-7-17(8-9-18-3)12-5-6-13(11(2)16)14(15)10-12/h4-6,10-11H,1,7-9,16H2,2-3H3/t11-/m0/s1. The molecule has 0 saturated carbocycles. The third-order valence-electron chi connectivity index (χ3n) is 2.75. The second-order valence-electron chi connectivity index (χ2n) is 4.22. The van der Waals surface area contributed by atoms with E-state index in [1.54, 1.807) is 7.11 Å². The maximum atomic E-state index is 5.90. The second-order valence-corrected chi connectivity index (χ2v) is 5.08. The van der Waals surface area contributed by atoms with E-state index in [4.69, 9.17) is 10.5 Å². The van der Waals surface area contributed by atoms with Crippen LogP contribution in [0.3, 0.4) is 0 Å². The summed E-state index contributed by atoms with van der Waals surface area (Å²) in [7, 11) is 1.71. The summed E-state index contributed by atoms with van der Waals surface area (Å²) < 4.78 is 6.17. The van der Waals surface area contributed by atoms with Gasteiger partial charge in [-0.25, -0.2) is 0 Å². The van der Waals surface area contributed by atoms with Crippen molar-refractivity contribution in [1.82, 2.24) is 0 Å². The molecule has 0 saturated heterocycles. The molecule has 100 valence electrons. The highest BCUT2D eigenvalue weighted by atomic mass is 79.9. The van der Waals surface area contributed by atoms with Crippen LogP contribution in [0, 0.1) is 0 Å². The van der Waals surface area contributed by atoms with Gasteiger partial charge < -0.3 is 15.4 Å². The third-order valence-corrected chi connectivity index (χ3v) is 3.44. The quantitative estimate of drug-likeness (QED) is 0.786. The zero-order valence-electron chi connectivity index (χ0n) is 11.0. The molecule has 0 fully saturated rings. The maximum Gasteiger partial charge on any atom is 0.0637 e. The zero-order chi connectivity index (χ0) is 13.5. The maximum absolute atomic E-state index is 5.90. The molecule has 0 aromatic heterocycles. The van der Waals surface area contributed by atoms with Crippen molar-refractivity contribution < 1.29 is 4.74 Å². The molecule has 3 nitrogen and oxygen atoms in total. The van der Waals surface area contributed by atoms with E-state index in [2.05, 4.69) is 45.6 Å². The second kappa shape index (κ2) is 7.56. The topological polar surface area (TPSA) is 38.5 Å². The fourth-order valence-corrected chi connectivity index (χ4v) is 2.49. The molecule has 0 aliphatic rings. The van der Waals surface area contributed by atoms with Crippen LogP contribution in [0.25, 0.3) is 0 Å². The van der Waals surface area contributed by atoms with E-state index in [0.29, 0.717) is 6.61 Å². The minimum atomic E-state index is 0.0280. The molecule has 0 amide bonds. The van der Waals surface area contributed by atoms with Crippen molar-refractivity contribution in [3.05, 3.63) is 40.9 Å². The summed E-state index contributed by atoms with van der Waals surface area (Å²) >= 11 is 3.57. The Morgan fingerprint density at radius 2 is 2.28 bits per heavy atom. The number of hydrogen-bond acceptors (Lipinski definition) is 3. The molecule has 0 aliphatic carbocycles. The highest BCUT2D eigenvalue weighted by molar-refractivity contribution is 9.10. The highest BCUT2D eigenvalue weighted by Gasteiger charge is 2.09. The van der Waals surface area contributed by atoms with Gasteiger partial charge in [-0.3, -0.25) is 0 Å². The Balaban J connectivity index is 2.91. The molecule has 0 unspecified atom stereocenters. The Bertz CT molecular complexity index is 393. The molecule has 18 heavy (non-hydrogen) atoms. The SMILES string of the molecule is C=CCN(CCOC)c1ccc([C@H](C)N)c(Br)c1. The Morgan fingerprint density at radius 3 is 2.78 bits per heavy atom. The summed E-state index contributed by atoms with van der Waals surface area (Å²) in [4.78, 5) is 2.21. The monoisotopic (exact) mass is 312 g/mol. The number of halogens is 1. The van der Waals surface area contributed by atoms with Crippen LogP contribution in [0.5, 0.6) is 0 Å². The molecule has 4 heteroatoms. The van der Waals surface area contributed by atoms with Crippen LogP contribution in [0.15, 0.2) is 35.3 Å². The number of ether oxygens (including phenoxy) is 1. The fourth-order valence-electron chi connectivity index (χ4n) is 1.77. The van der Waals surface area contributed by atoms with Gasteiger partial charge in [-0.2, -0.15) is 0 Å². The molecule has 1 aromatic rings. The van der Waals surface area contributed by atoms with E-state index in [-0.39, 0.29) is 6.04 Å². The first-order valence-corrected chi connectivity index (χ1v) is 6.79. The van der Waals surface area contributed by atoms with E-state index in [0.717, 1.165) is 28.8 Å². The van der Waals surface area contributed by atoms with Gasteiger partial charge in [0.15, 0.2) is 0 Å². The smallest absolute Gasteiger partial charge is 0.0637 e. The van der Waals surface area contributed by atoms with Gasteiger partial charge in [-0.15, -0.1) is 6.58 Å². The van der Waals surface area contributed by atoms with Crippen LogP contribution in [0.2, 0.25) is 0 Å². The molecule has 1 atom stereocenters. The molecule has 0 bridgehead atoms. The molecule has 0 radical (unpaired) electrons. The number of anilines is 1. The van der Waals surface area contributed by atoms with Crippen LogP contribution in [0.4, 0.5) is 5.69 Å². The lowest BCUT2D eigenvalue weighted by molar-refractivity contribution is 0.206. The highest BCUT2D eigenvalue weighted by Crippen LogP contribution is 2.27. The van der Waals surface area contributed by atoms with Gasteiger partial charge in [0.25, 0.3) is 0 Å². The normalized spacial score (nSPS) is 12.2. The predicted octanol–water partition coefficient (Wildman–Crippen LogP) is 3.11. The van der Waals surface area contributed by atoms with Gasteiger partial charge in [0.05, 0.1) is 6.61 Å². The van der Waals surface area contributed by atoms with Crippen molar-refractivity contribution >= 4 is 21.6 Å². The van der Waals surface area contributed by atoms with E-state index in [1.165, 1.54) is 0 Å². The average molecular weight is 313 g/mol. The number of nitrogens with zero attached hydrogens (tertiary/aromatic N) is 1. The van der Waals surface area contributed by atoms with Crippen LogP contribution < -0.4 is 10.6 Å². The first-order chi connectivity index (χ1) is 8.60. The minimum Gasteiger partial charge on any atom is -0.383 e. The lowest BCUT2D eigenvalue weighted by atomic mass is 10.1. The third kappa shape index (κ3) is 4.12. The molecule has 2 N–H and O–H groups in total. The molecule has 1 rings (SSSR count). The Labute approximate surface area is 118 Å². The van der Waals surface area contributed by atoms with Crippen LogP contribution in [-0.2, 0) is 4.74 Å². The summed E-state index contributed by atoms with van der Waals surface area (Å²) in [6, 6.07) is 6.27. The Kier molecular flexibility index (Phi) is 6.39. The first-order valence-electron chi connectivity index (χ1n) is 6.00. The summed E-state index contributed by atoms with van der Waals surface area (Å²) in [6.45, 7) is 8.10. The fraction of sp³-hybridized carbons (Fsp3) is 0.429. The molecule has 1 aromatic carbocycles. The number of benzene rings is 1.